The van der Waals surface area contributed by atoms with Crippen molar-refractivity contribution in [2.45, 2.75) is 32.9 Å². The fraction of sp³-hybridized carbons (Fsp3) is 0.226. The van der Waals surface area contributed by atoms with Gasteiger partial charge in [-0.1, -0.05) is 30.3 Å². The van der Waals surface area contributed by atoms with Gasteiger partial charge < -0.3 is 20.1 Å². The Morgan fingerprint density at radius 3 is 2.29 bits per heavy atom. The minimum Gasteiger partial charge on any atom is -0.508 e. The van der Waals surface area contributed by atoms with Crippen LogP contribution in [0.15, 0.2) is 78.9 Å². The number of anilines is 3. The van der Waals surface area contributed by atoms with Crippen LogP contribution in [0.25, 0.3) is 0 Å². The highest BCUT2D eigenvalue weighted by atomic mass is 19.4. The van der Waals surface area contributed by atoms with Crippen LogP contribution in [-0.4, -0.2) is 18.2 Å². The summed E-state index contributed by atoms with van der Waals surface area (Å²) < 4.78 is 46.3. The number of hydrogen-bond acceptors (Lipinski definition) is 4. The zero-order valence-electron chi connectivity index (χ0n) is 21.4. The first-order valence-corrected chi connectivity index (χ1v) is 12.6. The molecule has 0 aliphatic carbocycles. The Morgan fingerprint density at radius 1 is 0.842 bits per heavy atom. The third-order valence-corrected chi connectivity index (χ3v) is 7.04. The van der Waals surface area contributed by atoms with Crippen LogP contribution in [0.2, 0.25) is 0 Å². The van der Waals surface area contributed by atoms with Gasteiger partial charge in [-0.25, -0.2) is 0 Å². The van der Waals surface area contributed by atoms with Gasteiger partial charge in [-0.05, 0) is 68.8 Å². The van der Waals surface area contributed by atoms with Gasteiger partial charge in [0.25, 0.3) is 0 Å². The Kier molecular flexibility index (Phi) is 6.69. The molecule has 0 fully saturated rings. The third-order valence-electron chi connectivity index (χ3n) is 7.04. The SMILES string of the molecule is CCN(CC)c1ccc2c(c1)Oc1cc(C)c(Nc3cccc(C(F)(F)F)c3)cc1C2c1ccccc1O. The fourth-order valence-electron chi connectivity index (χ4n) is 5.06. The molecule has 1 atom stereocenters. The smallest absolute Gasteiger partial charge is 0.416 e. The van der Waals surface area contributed by atoms with Crippen LogP contribution < -0.4 is 15.0 Å². The molecule has 1 unspecified atom stereocenters. The molecule has 1 aliphatic heterocycles. The van der Waals surface area contributed by atoms with Gasteiger partial charge >= 0.3 is 6.18 Å². The number of halogens is 3. The molecule has 0 bridgehead atoms. The summed E-state index contributed by atoms with van der Waals surface area (Å²) in [5.74, 6) is 1.20. The van der Waals surface area contributed by atoms with Crippen molar-refractivity contribution in [3.63, 3.8) is 0 Å². The van der Waals surface area contributed by atoms with Gasteiger partial charge in [0.15, 0.2) is 0 Å². The molecule has 4 aromatic carbocycles. The van der Waals surface area contributed by atoms with E-state index in [2.05, 4.69) is 30.1 Å². The van der Waals surface area contributed by atoms with E-state index >= 15 is 0 Å². The molecule has 4 aromatic rings. The van der Waals surface area contributed by atoms with E-state index in [-0.39, 0.29) is 11.7 Å². The second kappa shape index (κ2) is 9.97. The van der Waals surface area contributed by atoms with Crippen LogP contribution in [0.1, 0.15) is 47.6 Å². The number of fused-ring (bicyclic) bond motifs is 2. The Bertz CT molecular complexity index is 1480. The number of phenolic OH excluding ortho intramolecular Hbond substituents is 1. The molecule has 0 spiro atoms. The largest absolute Gasteiger partial charge is 0.508 e. The van der Waals surface area contributed by atoms with E-state index in [1.165, 1.54) is 6.07 Å². The van der Waals surface area contributed by atoms with Crippen LogP contribution in [0.5, 0.6) is 17.2 Å². The topological polar surface area (TPSA) is 44.7 Å². The molecule has 1 heterocycles. The Labute approximate surface area is 220 Å². The van der Waals surface area contributed by atoms with Gasteiger partial charge in [-0.3, -0.25) is 0 Å². The summed E-state index contributed by atoms with van der Waals surface area (Å²) >= 11 is 0. The fourth-order valence-corrected chi connectivity index (χ4v) is 5.06. The van der Waals surface area contributed by atoms with Gasteiger partial charge in [-0.2, -0.15) is 13.2 Å². The first-order valence-electron chi connectivity index (χ1n) is 12.6. The van der Waals surface area contributed by atoms with Gasteiger partial charge in [0, 0.05) is 58.8 Å². The van der Waals surface area contributed by atoms with Crippen molar-refractivity contribution >= 4 is 17.1 Å². The summed E-state index contributed by atoms with van der Waals surface area (Å²) in [7, 11) is 0. The summed E-state index contributed by atoms with van der Waals surface area (Å²) in [5, 5.41) is 14.0. The second-order valence-electron chi connectivity index (χ2n) is 9.40. The number of nitrogens with one attached hydrogen (secondary N) is 1. The minimum atomic E-state index is -4.43. The van der Waals surface area contributed by atoms with E-state index in [4.69, 9.17) is 4.74 Å². The van der Waals surface area contributed by atoms with Crippen LogP contribution in [-0.2, 0) is 6.18 Å². The first kappa shape index (κ1) is 25.5. The van der Waals surface area contributed by atoms with Crippen LogP contribution in [0.3, 0.4) is 0 Å². The number of aryl methyl sites for hydroxylation is 1. The molecule has 196 valence electrons. The van der Waals surface area contributed by atoms with E-state index in [0.717, 1.165) is 53.2 Å². The Hall–Kier alpha value is -4.13. The van der Waals surface area contributed by atoms with Gasteiger partial charge in [0.1, 0.15) is 17.2 Å². The minimum absolute atomic E-state index is 0.164. The van der Waals surface area contributed by atoms with Crippen LogP contribution >= 0.6 is 0 Å². The summed E-state index contributed by atoms with van der Waals surface area (Å²) in [6.45, 7) is 7.81. The number of ether oxygens (including phenoxy) is 1. The molecule has 7 heteroatoms. The van der Waals surface area contributed by atoms with Gasteiger partial charge in [-0.15, -0.1) is 0 Å². The van der Waals surface area contributed by atoms with Gasteiger partial charge in [0.05, 0.1) is 5.56 Å². The van der Waals surface area contributed by atoms with Crippen molar-refractivity contribution < 1.29 is 23.0 Å². The quantitative estimate of drug-likeness (QED) is 0.236. The van der Waals surface area contributed by atoms with Crippen molar-refractivity contribution in [3.8, 4) is 17.2 Å². The zero-order valence-corrected chi connectivity index (χ0v) is 21.4. The summed E-state index contributed by atoms with van der Waals surface area (Å²) in [6, 6.07) is 22.3. The van der Waals surface area contributed by atoms with Crippen molar-refractivity contribution in [1.82, 2.24) is 0 Å². The van der Waals surface area contributed by atoms with Crippen molar-refractivity contribution in [2.75, 3.05) is 23.3 Å². The maximum absolute atomic E-state index is 13.3. The average molecular weight is 519 g/mol. The van der Waals surface area contributed by atoms with Crippen molar-refractivity contribution in [3.05, 3.63) is 107 Å². The molecule has 0 saturated heterocycles. The molecule has 1 aliphatic rings. The standard InChI is InChI=1S/C31H29F3N2O2/c1-4-36(5-2)22-13-14-24-29(17-22)38-28-15-19(3)26(35-21-10-8-9-20(16-21)31(32,33)34)18-25(28)30(24)23-11-6-7-12-27(23)37/h6-18,30,35,37H,4-5H2,1-3H3. The summed E-state index contributed by atoms with van der Waals surface area (Å²) in [6.07, 6.45) is -4.43. The van der Waals surface area contributed by atoms with Crippen LogP contribution in [0.4, 0.5) is 30.2 Å². The highest BCUT2D eigenvalue weighted by Crippen LogP contribution is 2.51. The van der Waals surface area contributed by atoms with E-state index < -0.39 is 11.7 Å². The average Bonchev–Trinajstić information content (AvgIpc) is 2.89. The molecule has 0 amide bonds. The number of phenols is 1. The Balaban J connectivity index is 1.62. The first-order chi connectivity index (χ1) is 18.2. The number of nitrogens with zero attached hydrogens (tertiary/aromatic N) is 1. The third kappa shape index (κ3) is 4.76. The van der Waals surface area contributed by atoms with E-state index in [9.17, 15) is 18.3 Å². The number of aromatic hydroxyl groups is 1. The number of hydrogen-bond donors (Lipinski definition) is 2. The van der Waals surface area contributed by atoms with E-state index in [0.29, 0.717) is 22.9 Å². The van der Waals surface area contributed by atoms with Crippen molar-refractivity contribution in [2.24, 2.45) is 0 Å². The number of alkyl halides is 3. The molecule has 0 saturated carbocycles. The normalized spacial score (nSPS) is 14.3. The molecule has 0 aromatic heterocycles. The molecule has 5 rings (SSSR count). The monoisotopic (exact) mass is 518 g/mol. The van der Waals surface area contributed by atoms with E-state index in [1.807, 2.05) is 43.3 Å². The molecular formula is C31H29F3N2O2. The summed E-state index contributed by atoms with van der Waals surface area (Å²) in [4.78, 5) is 2.24. The van der Waals surface area contributed by atoms with Crippen LogP contribution in [0, 0.1) is 6.92 Å². The number of rotatable bonds is 6. The molecule has 4 nitrogen and oxygen atoms in total. The zero-order chi connectivity index (χ0) is 27.0. The molecule has 0 radical (unpaired) electrons. The molecular weight excluding hydrogens is 489 g/mol. The maximum Gasteiger partial charge on any atom is 0.416 e. The predicted octanol–water partition coefficient (Wildman–Crippen LogP) is 8.60. The number of benzene rings is 4. The predicted molar refractivity (Wildman–Crippen MR) is 145 cm³/mol. The summed E-state index contributed by atoms with van der Waals surface area (Å²) in [5.41, 5.74) is 4.60. The molecule has 38 heavy (non-hydrogen) atoms. The lowest BCUT2D eigenvalue weighted by molar-refractivity contribution is -0.137. The van der Waals surface area contributed by atoms with E-state index in [1.54, 1.807) is 18.2 Å². The second-order valence-corrected chi connectivity index (χ2v) is 9.40. The highest BCUT2D eigenvalue weighted by Gasteiger charge is 2.32. The number of para-hydroxylation sites is 1. The maximum atomic E-state index is 13.3. The lowest BCUT2D eigenvalue weighted by Crippen LogP contribution is -2.22. The molecule has 2 N–H and O–H groups in total. The lowest BCUT2D eigenvalue weighted by atomic mass is 9.81. The van der Waals surface area contributed by atoms with Crippen molar-refractivity contribution in [1.29, 1.82) is 0 Å². The lowest BCUT2D eigenvalue weighted by Gasteiger charge is -2.31. The Morgan fingerprint density at radius 2 is 1.58 bits per heavy atom. The highest BCUT2D eigenvalue weighted by molar-refractivity contribution is 5.71. The van der Waals surface area contributed by atoms with Gasteiger partial charge in [0.2, 0.25) is 0 Å².